The van der Waals surface area contributed by atoms with Gasteiger partial charge in [0.15, 0.2) is 0 Å². The third-order valence-electron chi connectivity index (χ3n) is 5.41. The van der Waals surface area contributed by atoms with Crippen molar-refractivity contribution < 1.29 is 23.8 Å². The maximum Gasteiger partial charge on any atom is 0.408 e. The van der Waals surface area contributed by atoms with Crippen molar-refractivity contribution in [2.24, 2.45) is 0 Å². The Labute approximate surface area is 197 Å². The Balaban J connectivity index is 1.50. The Bertz CT molecular complexity index is 1240. The summed E-state index contributed by atoms with van der Waals surface area (Å²) in [6, 6.07) is 23.4. The number of ether oxygens (including phenoxy) is 3. The van der Waals surface area contributed by atoms with E-state index in [1.807, 2.05) is 85.1 Å². The van der Waals surface area contributed by atoms with Crippen LogP contribution in [0.15, 0.2) is 85.1 Å². The molecule has 1 amide bonds. The van der Waals surface area contributed by atoms with Gasteiger partial charge in [0.1, 0.15) is 25.0 Å². The minimum absolute atomic E-state index is 0.0966. The normalized spacial score (nSPS) is 11.6. The lowest BCUT2D eigenvalue weighted by Crippen LogP contribution is -2.43. The number of aromatic nitrogens is 1. The minimum Gasteiger partial charge on any atom is -0.496 e. The van der Waals surface area contributed by atoms with Crippen molar-refractivity contribution >= 4 is 23.0 Å². The van der Waals surface area contributed by atoms with Crippen LogP contribution in [0.2, 0.25) is 0 Å². The maximum atomic E-state index is 13.0. The van der Waals surface area contributed by atoms with E-state index in [2.05, 4.69) is 10.3 Å². The number of nitrogens with one attached hydrogen (secondary N) is 2. The molecule has 0 saturated heterocycles. The van der Waals surface area contributed by atoms with Gasteiger partial charge in [0, 0.05) is 23.5 Å². The zero-order valence-electron chi connectivity index (χ0n) is 18.8. The summed E-state index contributed by atoms with van der Waals surface area (Å²) in [4.78, 5) is 28.7. The molecular formula is C27H26N2O5. The summed E-state index contributed by atoms with van der Waals surface area (Å²) in [5.74, 6) is 0.126. The highest BCUT2D eigenvalue weighted by Crippen LogP contribution is 2.29. The van der Waals surface area contributed by atoms with E-state index in [9.17, 15) is 9.59 Å². The van der Waals surface area contributed by atoms with Crippen LogP contribution in [-0.2, 0) is 33.9 Å². The van der Waals surface area contributed by atoms with Crippen molar-refractivity contribution in [3.05, 3.63) is 102 Å². The zero-order chi connectivity index (χ0) is 23.8. The molecular weight excluding hydrogens is 432 g/mol. The molecule has 1 atom stereocenters. The van der Waals surface area contributed by atoms with Crippen LogP contribution >= 0.6 is 0 Å². The van der Waals surface area contributed by atoms with Crippen LogP contribution in [0.4, 0.5) is 4.79 Å². The molecule has 4 aromatic rings. The second-order valence-corrected chi connectivity index (χ2v) is 7.75. The maximum absolute atomic E-state index is 13.0. The molecule has 0 aliphatic heterocycles. The number of benzene rings is 3. The average Bonchev–Trinajstić information content (AvgIpc) is 3.30. The first kappa shape index (κ1) is 22.9. The number of carbonyl (C=O) groups is 2. The van der Waals surface area contributed by atoms with E-state index < -0.39 is 18.1 Å². The molecule has 1 heterocycles. The molecule has 3 aromatic carbocycles. The lowest BCUT2D eigenvalue weighted by molar-refractivity contribution is -0.147. The number of methoxy groups -OCH3 is 1. The predicted molar refractivity (Wildman–Crippen MR) is 128 cm³/mol. The number of H-pyrrole nitrogens is 1. The molecule has 0 unspecified atom stereocenters. The van der Waals surface area contributed by atoms with Crippen molar-refractivity contribution in [1.29, 1.82) is 0 Å². The highest BCUT2D eigenvalue weighted by Gasteiger charge is 2.25. The van der Waals surface area contributed by atoms with E-state index in [-0.39, 0.29) is 19.6 Å². The number of aromatic amines is 1. The van der Waals surface area contributed by atoms with E-state index >= 15 is 0 Å². The van der Waals surface area contributed by atoms with Crippen molar-refractivity contribution in [2.45, 2.75) is 25.7 Å². The van der Waals surface area contributed by atoms with E-state index in [1.165, 1.54) is 0 Å². The van der Waals surface area contributed by atoms with Crippen LogP contribution in [0.5, 0.6) is 5.75 Å². The van der Waals surface area contributed by atoms with E-state index in [0.717, 1.165) is 27.6 Å². The molecule has 0 fully saturated rings. The molecule has 0 aliphatic carbocycles. The lowest BCUT2D eigenvalue weighted by atomic mass is 10.0. The van der Waals surface area contributed by atoms with Crippen molar-refractivity contribution in [3.63, 3.8) is 0 Å². The molecule has 0 spiro atoms. The molecule has 7 heteroatoms. The molecule has 0 aliphatic rings. The van der Waals surface area contributed by atoms with Crippen LogP contribution < -0.4 is 10.1 Å². The quantitative estimate of drug-likeness (QED) is 0.353. The minimum atomic E-state index is -0.948. The summed E-state index contributed by atoms with van der Waals surface area (Å²) in [6.07, 6.45) is 1.31. The van der Waals surface area contributed by atoms with Gasteiger partial charge >= 0.3 is 12.1 Å². The van der Waals surface area contributed by atoms with Gasteiger partial charge in [0.05, 0.1) is 7.11 Å². The summed E-state index contributed by atoms with van der Waals surface area (Å²) in [6.45, 7) is 0.202. The van der Waals surface area contributed by atoms with Crippen LogP contribution in [0.25, 0.3) is 10.9 Å². The third kappa shape index (κ3) is 5.75. The van der Waals surface area contributed by atoms with Crippen LogP contribution in [-0.4, -0.2) is 30.2 Å². The van der Waals surface area contributed by atoms with Gasteiger partial charge in [-0.1, -0.05) is 66.7 Å². The molecule has 0 radical (unpaired) electrons. The van der Waals surface area contributed by atoms with Gasteiger partial charge in [0.2, 0.25) is 0 Å². The van der Waals surface area contributed by atoms with Crippen LogP contribution in [0.3, 0.4) is 0 Å². The second kappa shape index (κ2) is 11.0. The van der Waals surface area contributed by atoms with Gasteiger partial charge in [-0.2, -0.15) is 0 Å². The van der Waals surface area contributed by atoms with E-state index in [1.54, 1.807) is 7.11 Å². The summed E-state index contributed by atoms with van der Waals surface area (Å²) in [5, 5.41) is 3.53. The fraction of sp³-hybridized carbons (Fsp3) is 0.185. The van der Waals surface area contributed by atoms with Gasteiger partial charge < -0.3 is 24.5 Å². The molecule has 0 saturated carbocycles. The molecule has 4 rings (SSSR count). The Morgan fingerprint density at radius 2 is 1.50 bits per heavy atom. The molecule has 2 N–H and O–H groups in total. The Kier molecular flexibility index (Phi) is 7.45. The molecule has 0 bridgehead atoms. The molecule has 1 aromatic heterocycles. The first-order valence-corrected chi connectivity index (χ1v) is 10.9. The number of fused-ring (bicyclic) bond motifs is 1. The van der Waals surface area contributed by atoms with Gasteiger partial charge in [0.25, 0.3) is 0 Å². The fourth-order valence-corrected chi connectivity index (χ4v) is 3.70. The van der Waals surface area contributed by atoms with Gasteiger partial charge in [-0.05, 0) is 28.8 Å². The second-order valence-electron chi connectivity index (χ2n) is 7.75. The zero-order valence-corrected chi connectivity index (χ0v) is 18.8. The fourth-order valence-electron chi connectivity index (χ4n) is 3.70. The summed E-state index contributed by atoms with van der Waals surface area (Å²) >= 11 is 0. The predicted octanol–water partition coefficient (Wildman–Crippen LogP) is 4.76. The largest absolute Gasteiger partial charge is 0.496 e. The molecule has 34 heavy (non-hydrogen) atoms. The number of rotatable bonds is 9. The Hall–Kier alpha value is -4.26. The number of esters is 1. The molecule has 174 valence electrons. The monoisotopic (exact) mass is 458 g/mol. The summed E-state index contributed by atoms with van der Waals surface area (Å²) < 4.78 is 16.3. The number of hydrogen-bond acceptors (Lipinski definition) is 5. The highest BCUT2D eigenvalue weighted by molar-refractivity contribution is 5.90. The van der Waals surface area contributed by atoms with Crippen LogP contribution in [0.1, 0.15) is 16.7 Å². The van der Waals surface area contributed by atoms with Gasteiger partial charge in [-0.3, -0.25) is 0 Å². The van der Waals surface area contributed by atoms with E-state index in [0.29, 0.717) is 5.75 Å². The lowest BCUT2D eigenvalue weighted by Gasteiger charge is -2.18. The van der Waals surface area contributed by atoms with Crippen molar-refractivity contribution in [1.82, 2.24) is 10.3 Å². The highest BCUT2D eigenvalue weighted by atomic mass is 16.6. The number of alkyl carbamates (subject to hydrolysis) is 1. The first-order valence-electron chi connectivity index (χ1n) is 10.9. The SMILES string of the molecule is COc1cccc2[nH]cc(C[C@H](NC(=O)OCc3ccccc3)C(=O)OCc3ccccc3)c12. The van der Waals surface area contributed by atoms with Crippen molar-refractivity contribution in [2.75, 3.05) is 7.11 Å². The average molecular weight is 459 g/mol. The van der Waals surface area contributed by atoms with Crippen LogP contribution in [0, 0.1) is 0 Å². The number of hydrogen-bond donors (Lipinski definition) is 2. The molecule has 7 nitrogen and oxygen atoms in total. The Morgan fingerprint density at radius 3 is 2.15 bits per heavy atom. The third-order valence-corrected chi connectivity index (χ3v) is 5.41. The summed E-state index contributed by atoms with van der Waals surface area (Å²) in [5.41, 5.74) is 3.40. The van der Waals surface area contributed by atoms with Crippen molar-refractivity contribution in [3.8, 4) is 5.75 Å². The summed E-state index contributed by atoms with van der Waals surface area (Å²) in [7, 11) is 1.59. The van der Waals surface area contributed by atoms with Gasteiger partial charge in [-0.15, -0.1) is 0 Å². The van der Waals surface area contributed by atoms with Gasteiger partial charge in [-0.25, -0.2) is 9.59 Å². The number of carbonyl (C=O) groups excluding carboxylic acids is 2. The standard InChI is InChI=1S/C27H26N2O5/c1-32-24-14-8-13-22-25(24)21(16-28-22)15-23(26(30)33-17-19-9-4-2-5-10-19)29-27(31)34-18-20-11-6-3-7-12-20/h2-14,16,23,28H,15,17-18H2,1H3,(H,29,31)/t23-/m0/s1. The Morgan fingerprint density at radius 1 is 0.853 bits per heavy atom. The topological polar surface area (TPSA) is 89.6 Å². The van der Waals surface area contributed by atoms with E-state index in [4.69, 9.17) is 14.2 Å². The smallest absolute Gasteiger partial charge is 0.408 e. The number of amides is 1. The first-order chi connectivity index (χ1) is 16.6.